The number of nitrogens with two attached hydrogens (primary N) is 8. The molecule has 38 heteroatoms. The standard InChI is InChI=1S/C6H13NO2.C5H9NO4.5C4H7NO4.C2H5NO2.2Ca/c1-4(2)3-5(7)6(8)9;6-3(5(9)10)1-2-4(7)8;5*5-2(4(8)9)1-3(6)7;3-1-2(4)5;;/h4-5H,3,7H2,1-2H3,(H,8,9);3H,1-2,6H2,(H,7,8)(H,9,10);5*2H,1,5H2,(H,6,7)(H,8,9);1,3H2,(H,4,5);;/q;;;;;;;;2*+2/p-4/t5-;3-;5*2-;;;/m0000000.../s1. The van der Waals surface area contributed by atoms with E-state index < -0.39 is 158 Å². The van der Waals surface area contributed by atoms with Crippen molar-refractivity contribution in [3.8, 4) is 0 Å². The first-order chi connectivity index (χ1) is 31.0. The largest absolute Gasteiger partial charge is 2.00 e. The summed E-state index contributed by atoms with van der Waals surface area (Å²) >= 11 is 0. The van der Waals surface area contributed by atoms with Crippen molar-refractivity contribution in [3.63, 3.8) is 0 Å². The first-order valence-electron chi connectivity index (χ1n) is 18.0. The quantitative estimate of drug-likeness (QED) is 0.0423. The van der Waals surface area contributed by atoms with Crippen LogP contribution in [-0.4, -0.2) is 249 Å². The number of carboxylic acids is 14. The predicted octanol–water partition coefficient (Wildman–Crippen LogP) is -15.4. The van der Waals surface area contributed by atoms with Crippen LogP contribution in [0.2, 0.25) is 0 Å². The van der Waals surface area contributed by atoms with Crippen molar-refractivity contribution in [3.05, 3.63) is 0 Å². The van der Waals surface area contributed by atoms with Crippen LogP contribution in [0.3, 0.4) is 0 Å². The summed E-state index contributed by atoms with van der Waals surface area (Å²) in [6, 6.07) is -8.55. The van der Waals surface area contributed by atoms with Gasteiger partial charge in [0.05, 0.1) is 6.54 Å². The maximum Gasteiger partial charge on any atom is 2.00 e. The van der Waals surface area contributed by atoms with Crippen LogP contribution in [0.25, 0.3) is 0 Å². The molecule has 0 unspecified atom stereocenters. The van der Waals surface area contributed by atoms with Crippen LogP contribution in [-0.2, 0) is 67.1 Å². The summed E-state index contributed by atoms with van der Waals surface area (Å²) in [4.78, 5) is 136. The van der Waals surface area contributed by atoms with Crippen LogP contribution in [0.4, 0.5) is 0 Å². The Labute approximate surface area is 463 Å². The fourth-order valence-electron chi connectivity index (χ4n) is 2.34. The fraction of sp³-hybridized carbons (Fsp3) is 0.576. The summed E-state index contributed by atoms with van der Waals surface area (Å²) in [5.41, 5.74) is 38.7. The molecule has 0 spiro atoms. The summed E-state index contributed by atoms with van der Waals surface area (Å²) in [5, 5.41) is 122. The maximum atomic E-state index is 10.1. The predicted molar refractivity (Wildman–Crippen MR) is 222 cm³/mol. The third kappa shape index (κ3) is 88.3. The van der Waals surface area contributed by atoms with Crippen LogP contribution in [0.5, 0.6) is 0 Å². The van der Waals surface area contributed by atoms with Crippen LogP contribution in [0.15, 0.2) is 0 Å². The van der Waals surface area contributed by atoms with Crippen molar-refractivity contribution in [2.24, 2.45) is 51.8 Å². The zero-order chi connectivity index (χ0) is 57.1. The van der Waals surface area contributed by atoms with E-state index in [2.05, 4.69) is 5.73 Å². The molecule has 0 aromatic carbocycles. The maximum absolute atomic E-state index is 10.1. The number of aliphatic carboxylic acids is 14. The van der Waals surface area contributed by atoms with Crippen LogP contribution >= 0.6 is 0 Å². The molecule has 0 fully saturated rings. The molecule has 0 saturated carbocycles. The van der Waals surface area contributed by atoms with E-state index in [-0.39, 0.29) is 97.7 Å². The van der Waals surface area contributed by atoms with Crippen LogP contribution in [0, 0.1) is 5.92 Å². The van der Waals surface area contributed by atoms with E-state index >= 15 is 0 Å². The molecule has 0 amide bonds. The van der Waals surface area contributed by atoms with E-state index in [4.69, 9.17) is 81.0 Å². The number of rotatable bonds is 23. The first kappa shape index (κ1) is 88.7. The molecule has 0 aliphatic heterocycles. The Bertz CT molecular complexity index is 1490. The Morgan fingerprint density at radius 3 is 0.606 bits per heavy atom. The summed E-state index contributed by atoms with van der Waals surface area (Å²) < 4.78 is 0. The molecule has 24 N–H and O–H groups in total. The normalized spacial score (nSPS) is 12.0. The molecule has 0 saturated heterocycles. The van der Waals surface area contributed by atoms with E-state index in [9.17, 15) is 97.8 Å². The van der Waals surface area contributed by atoms with Gasteiger partial charge in [-0.1, -0.05) is 13.8 Å². The molecule has 0 heterocycles. The third-order valence-electron chi connectivity index (χ3n) is 5.71. The summed E-state index contributed by atoms with van der Waals surface area (Å²) in [6.07, 6.45) is -3.06. The van der Waals surface area contributed by atoms with Crippen molar-refractivity contribution >= 4 is 159 Å². The monoisotopic (exact) mass is 1090 g/mol. The van der Waals surface area contributed by atoms with Gasteiger partial charge in [0.15, 0.2) is 0 Å². The SMILES string of the molecule is CC(C)C[C@H](N)C(=O)O.NCC(=O)O.N[C@@H](CC(=O)[O-])C(=O)O.N[C@@H](CC(=O)[O-])C(=O)O.N[C@@H](CC(=O)[O-])C(=O)O.N[C@@H](CC(=O)[O-])C(=O)O.N[C@@H](CC(=O)[O-])C(=O)O.N[C@@H](CCC(=O)[O-])C(=O)O.[Ca+2].[Ca+2].[H+].[H+]. The molecule has 0 aromatic rings. The summed E-state index contributed by atoms with van der Waals surface area (Å²) in [6.45, 7) is 3.62. The van der Waals surface area contributed by atoms with Gasteiger partial charge in [-0.2, -0.15) is 0 Å². The van der Waals surface area contributed by atoms with E-state index in [1.165, 1.54) is 0 Å². The summed E-state index contributed by atoms with van der Waals surface area (Å²) in [7, 11) is 0. The molecule has 0 aliphatic carbocycles. The average molecular weight is 1100 g/mol. The number of carbonyl (C=O) groups is 14. The molecule has 0 aliphatic rings. The Morgan fingerprint density at radius 1 is 0.366 bits per heavy atom. The van der Waals surface area contributed by atoms with Gasteiger partial charge in [0.25, 0.3) is 0 Å². The second-order valence-corrected chi connectivity index (χ2v) is 12.6. The molecule has 36 nitrogen and oxygen atoms in total. The molecule has 0 bridgehead atoms. The van der Waals surface area contributed by atoms with E-state index in [0.717, 1.165) is 0 Å². The van der Waals surface area contributed by atoms with Crippen molar-refractivity contribution in [1.29, 1.82) is 0 Å². The first-order valence-corrected chi connectivity index (χ1v) is 18.0. The molecule has 7 atom stereocenters. The van der Waals surface area contributed by atoms with Gasteiger partial charge in [0.1, 0.15) is 42.3 Å². The van der Waals surface area contributed by atoms with Gasteiger partial charge in [0, 0.05) is 67.9 Å². The third-order valence-corrected chi connectivity index (χ3v) is 5.71. The Hall–Kier alpha value is -5.22. The molecule has 0 radical (unpaired) electrons. The topological polar surface area (TPSA) is 747 Å². The Balaban J connectivity index is -0.0000000581. The van der Waals surface area contributed by atoms with Gasteiger partial charge in [0.2, 0.25) is 0 Å². The number of carboxylic acid groups (broad SMARTS) is 14. The van der Waals surface area contributed by atoms with Crippen LogP contribution in [0.1, 0.15) is 68.1 Å². The van der Waals surface area contributed by atoms with Crippen molar-refractivity contribution in [1.82, 2.24) is 0 Å². The molecule has 0 aromatic heterocycles. The molecule has 402 valence electrons. The molecule has 71 heavy (non-hydrogen) atoms. The van der Waals surface area contributed by atoms with E-state index in [1.54, 1.807) is 0 Å². The van der Waals surface area contributed by atoms with Gasteiger partial charge in [-0.15, -0.1) is 0 Å². The molecule has 0 rings (SSSR count). The van der Waals surface area contributed by atoms with E-state index in [0.29, 0.717) is 12.3 Å². The number of carbonyl (C=O) groups excluding carboxylic acids is 6. The Morgan fingerprint density at radius 2 is 0.535 bits per heavy atom. The van der Waals surface area contributed by atoms with Gasteiger partial charge >= 0.3 is 126 Å². The fourth-order valence-corrected chi connectivity index (χ4v) is 2.34. The summed E-state index contributed by atoms with van der Waals surface area (Å²) in [5.74, 6) is -17.9. The minimum Gasteiger partial charge on any atom is -0.550 e. The second-order valence-electron chi connectivity index (χ2n) is 12.6. The number of hydrogen-bond donors (Lipinski definition) is 16. The smallest absolute Gasteiger partial charge is 0.550 e. The van der Waals surface area contributed by atoms with Crippen molar-refractivity contribution in [2.75, 3.05) is 6.54 Å². The Kier molecular flexibility index (Phi) is 67.6. The average Bonchev–Trinajstić information content (AvgIpc) is 3.16. The van der Waals surface area contributed by atoms with Crippen molar-refractivity contribution < 1.29 is 141 Å². The number of hydrogen-bond acceptors (Lipinski definition) is 28. The molecular formula is C33H58Ca2N8O28. The van der Waals surface area contributed by atoms with Gasteiger partial charge in [-0.3, -0.25) is 38.4 Å². The van der Waals surface area contributed by atoms with E-state index in [1.807, 2.05) is 13.8 Å². The minimum absolute atomic E-state index is 0. The van der Waals surface area contributed by atoms with Gasteiger partial charge in [-0.05, 0) is 25.2 Å². The molecular weight excluding hydrogens is 1040 g/mol. The minimum atomic E-state index is -1.45. The second kappa shape index (κ2) is 54.1. The van der Waals surface area contributed by atoms with Crippen molar-refractivity contribution in [2.45, 2.75) is 108 Å². The van der Waals surface area contributed by atoms with Gasteiger partial charge < -0.3 is 146 Å². The zero-order valence-corrected chi connectivity index (χ0v) is 42.2. The zero-order valence-electron chi connectivity index (χ0n) is 39.8. The van der Waals surface area contributed by atoms with Crippen LogP contribution < -0.4 is 76.5 Å². The van der Waals surface area contributed by atoms with Gasteiger partial charge in [-0.25, -0.2) is 0 Å².